The summed E-state index contributed by atoms with van der Waals surface area (Å²) in [6.07, 6.45) is 0. The van der Waals surface area contributed by atoms with Gasteiger partial charge in [-0.05, 0) is 25.1 Å². The molecule has 1 amide bonds. The molecule has 20 heavy (non-hydrogen) atoms. The lowest BCUT2D eigenvalue weighted by molar-refractivity contribution is -0.385. The van der Waals surface area contributed by atoms with Crippen LogP contribution >= 0.6 is 11.6 Å². The van der Waals surface area contributed by atoms with Gasteiger partial charge in [-0.25, -0.2) is 0 Å². The number of rotatable bonds is 3. The molecule has 0 fully saturated rings. The Labute approximate surface area is 118 Å². The molecule has 1 aromatic heterocycles. The molecule has 1 heterocycles. The van der Waals surface area contributed by atoms with E-state index in [0.717, 1.165) is 0 Å². The standard InChI is InChI=1S/C12H9ClN4O3/c1-7-8(3-2-4-9(7)17(19)20)12(18)14-11-6-5-10(13)15-16-11/h2-6H,1H3,(H,14,16,18). The zero-order chi connectivity index (χ0) is 14.7. The Balaban J connectivity index is 2.28. The zero-order valence-corrected chi connectivity index (χ0v) is 11.1. The van der Waals surface area contributed by atoms with Crippen molar-refractivity contribution in [1.82, 2.24) is 10.2 Å². The van der Waals surface area contributed by atoms with E-state index in [4.69, 9.17) is 11.6 Å². The second-order valence-electron chi connectivity index (χ2n) is 3.90. The summed E-state index contributed by atoms with van der Waals surface area (Å²) in [5, 5.41) is 20.8. The average molecular weight is 293 g/mol. The number of aromatic nitrogens is 2. The Hall–Kier alpha value is -2.54. The Morgan fingerprint density at radius 3 is 2.65 bits per heavy atom. The summed E-state index contributed by atoms with van der Waals surface area (Å²) < 4.78 is 0. The number of hydrogen-bond acceptors (Lipinski definition) is 5. The molecule has 7 nitrogen and oxygen atoms in total. The fourth-order valence-corrected chi connectivity index (χ4v) is 1.73. The molecular weight excluding hydrogens is 284 g/mol. The van der Waals surface area contributed by atoms with Crippen molar-refractivity contribution in [3.05, 3.63) is 56.7 Å². The molecule has 2 aromatic rings. The van der Waals surface area contributed by atoms with Crippen molar-refractivity contribution in [2.75, 3.05) is 5.32 Å². The van der Waals surface area contributed by atoms with Gasteiger partial charge in [-0.2, -0.15) is 0 Å². The number of hydrogen-bond donors (Lipinski definition) is 1. The molecule has 0 atom stereocenters. The minimum atomic E-state index is -0.534. The third-order valence-electron chi connectivity index (χ3n) is 2.62. The van der Waals surface area contributed by atoms with Gasteiger partial charge < -0.3 is 5.32 Å². The highest BCUT2D eigenvalue weighted by molar-refractivity contribution is 6.29. The number of halogens is 1. The van der Waals surface area contributed by atoms with Crippen LogP contribution in [-0.4, -0.2) is 21.0 Å². The fourth-order valence-electron chi connectivity index (χ4n) is 1.63. The predicted molar refractivity (Wildman–Crippen MR) is 72.8 cm³/mol. The minimum Gasteiger partial charge on any atom is -0.305 e. The molecule has 1 N–H and O–H groups in total. The summed E-state index contributed by atoms with van der Waals surface area (Å²) in [7, 11) is 0. The van der Waals surface area contributed by atoms with E-state index in [1.54, 1.807) is 0 Å². The Morgan fingerprint density at radius 2 is 2.05 bits per heavy atom. The lowest BCUT2D eigenvalue weighted by atomic mass is 10.1. The molecule has 0 spiro atoms. The Bertz CT molecular complexity index is 673. The Morgan fingerprint density at radius 1 is 1.30 bits per heavy atom. The van der Waals surface area contributed by atoms with Crippen molar-refractivity contribution in [2.24, 2.45) is 0 Å². The van der Waals surface area contributed by atoms with E-state index in [0.29, 0.717) is 0 Å². The van der Waals surface area contributed by atoms with Gasteiger partial charge in [0.15, 0.2) is 11.0 Å². The van der Waals surface area contributed by atoms with Crippen LogP contribution < -0.4 is 5.32 Å². The number of nitro benzene ring substituents is 1. The van der Waals surface area contributed by atoms with Gasteiger partial charge in [-0.15, -0.1) is 10.2 Å². The van der Waals surface area contributed by atoms with Crippen LogP contribution in [-0.2, 0) is 0 Å². The van der Waals surface area contributed by atoms with Gasteiger partial charge in [0.05, 0.1) is 4.92 Å². The predicted octanol–water partition coefficient (Wildman–Crippen LogP) is 2.60. The van der Waals surface area contributed by atoms with E-state index >= 15 is 0 Å². The summed E-state index contributed by atoms with van der Waals surface area (Å²) in [6.45, 7) is 1.51. The van der Waals surface area contributed by atoms with Crippen LogP contribution in [0.2, 0.25) is 5.15 Å². The SMILES string of the molecule is Cc1c(C(=O)Nc2ccc(Cl)nn2)cccc1[N+](=O)[O-]. The first-order chi connectivity index (χ1) is 9.49. The minimum absolute atomic E-state index is 0.111. The molecule has 2 rings (SSSR count). The Kier molecular flexibility index (Phi) is 3.90. The first-order valence-corrected chi connectivity index (χ1v) is 5.91. The van der Waals surface area contributed by atoms with Crippen LogP contribution in [0.3, 0.4) is 0 Å². The van der Waals surface area contributed by atoms with Gasteiger partial charge in [0.1, 0.15) is 0 Å². The summed E-state index contributed by atoms with van der Waals surface area (Å²) in [6, 6.07) is 7.26. The topological polar surface area (TPSA) is 98.0 Å². The number of carbonyl (C=O) groups excluding carboxylic acids is 1. The highest BCUT2D eigenvalue weighted by Crippen LogP contribution is 2.21. The van der Waals surface area contributed by atoms with Gasteiger partial charge in [-0.1, -0.05) is 17.7 Å². The maximum absolute atomic E-state index is 12.1. The molecule has 1 aromatic carbocycles. The first-order valence-electron chi connectivity index (χ1n) is 5.53. The number of anilines is 1. The third kappa shape index (κ3) is 2.89. The average Bonchev–Trinajstić information content (AvgIpc) is 2.41. The molecule has 0 unspecified atom stereocenters. The molecule has 0 aliphatic heterocycles. The van der Waals surface area contributed by atoms with E-state index in [2.05, 4.69) is 15.5 Å². The second kappa shape index (κ2) is 5.62. The molecule has 0 bridgehead atoms. The number of nitrogens with zero attached hydrogens (tertiary/aromatic N) is 3. The van der Waals surface area contributed by atoms with Gasteiger partial charge in [-0.3, -0.25) is 14.9 Å². The van der Waals surface area contributed by atoms with E-state index < -0.39 is 10.8 Å². The molecule has 0 saturated heterocycles. The first kappa shape index (κ1) is 13.9. The van der Waals surface area contributed by atoms with Crippen molar-refractivity contribution in [3.8, 4) is 0 Å². The smallest absolute Gasteiger partial charge is 0.273 e. The lowest BCUT2D eigenvalue weighted by Gasteiger charge is -2.06. The van der Waals surface area contributed by atoms with Crippen molar-refractivity contribution >= 4 is 29.0 Å². The summed E-state index contributed by atoms with van der Waals surface area (Å²) in [4.78, 5) is 22.4. The van der Waals surface area contributed by atoms with Crippen LogP contribution in [0.4, 0.5) is 11.5 Å². The van der Waals surface area contributed by atoms with Crippen LogP contribution in [0.5, 0.6) is 0 Å². The molecule has 8 heteroatoms. The quantitative estimate of drug-likeness (QED) is 0.692. The number of amides is 1. The number of nitro groups is 1. The fraction of sp³-hybridized carbons (Fsp3) is 0.0833. The zero-order valence-electron chi connectivity index (χ0n) is 10.3. The molecular formula is C12H9ClN4O3. The number of benzene rings is 1. The van der Waals surface area contributed by atoms with Gasteiger partial charge in [0.25, 0.3) is 11.6 Å². The molecule has 0 aliphatic rings. The van der Waals surface area contributed by atoms with Crippen molar-refractivity contribution in [2.45, 2.75) is 6.92 Å². The molecule has 0 saturated carbocycles. The second-order valence-corrected chi connectivity index (χ2v) is 4.29. The molecule has 102 valence electrons. The summed E-state index contributed by atoms with van der Waals surface area (Å²) in [5.74, 6) is -0.284. The van der Waals surface area contributed by atoms with Crippen molar-refractivity contribution in [3.63, 3.8) is 0 Å². The molecule has 0 aliphatic carbocycles. The highest BCUT2D eigenvalue weighted by atomic mass is 35.5. The van der Waals surface area contributed by atoms with E-state index in [9.17, 15) is 14.9 Å². The maximum atomic E-state index is 12.1. The number of nitrogens with one attached hydrogen (secondary N) is 1. The van der Waals surface area contributed by atoms with Crippen LogP contribution in [0.15, 0.2) is 30.3 Å². The summed E-state index contributed by atoms with van der Waals surface area (Å²) in [5.41, 5.74) is 0.382. The van der Waals surface area contributed by atoms with E-state index in [1.807, 2.05) is 0 Å². The van der Waals surface area contributed by atoms with E-state index in [1.165, 1.54) is 37.3 Å². The van der Waals surface area contributed by atoms with Crippen LogP contribution in [0, 0.1) is 17.0 Å². The van der Waals surface area contributed by atoms with Crippen LogP contribution in [0.1, 0.15) is 15.9 Å². The number of carbonyl (C=O) groups is 1. The maximum Gasteiger partial charge on any atom is 0.273 e. The van der Waals surface area contributed by atoms with Gasteiger partial charge in [0, 0.05) is 17.2 Å². The monoisotopic (exact) mass is 292 g/mol. The normalized spacial score (nSPS) is 10.1. The van der Waals surface area contributed by atoms with Crippen molar-refractivity contribution < 1.29 is 9.72 Å². The summed E-state index contributed by atoms with van der Waals surface area (Å²) >= 11 is 5.58. The van der Waals surface area contributed by atoms with E-state index in [-0.39, 0.29) is 27.8 Å². The third-order valence-corrected chi connectivity index (χ3v) is 2.82. The molecule has 0 radical (unpaired) electrons. The van der Waals surface area contributed by atoms with Crippen LogP contribution in [0.25, 0.3) is 0 Å². The van der Waals surface area contributed by atoms with Crippen molar-refractivity contribution in [1.29, 1.82) is 0 Å². The largest absolute Gasteiger partial charge is 0.305 e. The lowest BCUT2D eigenvalue weighted by Crippen LogP contribution is -2.15. The van der Waals surface area contributed by atoms with Gasteiger partial charge in [0.2, 0.25) is 0 Å². The van der Waals surface area contributed by atoms with Gasteiger partial charge >= 0.3 is 0 Å². The highest BCUT2D eigenvalue weighted by Gasteiger charge is 2.18.